The number of nitrogens with zero attached hydrogens (tertiary/aromatic N) is 6. The Morgan fingerprint density at radius 3 is 2.60 bits per heavy atom. The van der Waals surface area contributed by atoms with Crippen LogP contribution < -0.4 is 16.0 Å². The molecule has 1 saturated heterocycles. The number of hydrogen-bond donors (Lipinski definition) is 2. The predicted molar refractivity (Wildman–Crippen MR) is 137 cm³/mol. The van der Waals surface area contributed by atoms with Gasteiger partial charge in [-0.25, -0.2) is 14.4 Å². The fraction of sp³-hybridized carbons (Fsp3) is 0.346. The van der Waals surface area contributed by atoms with Crippen molar-refractivity contribution in [1.82, 2.24) is 24.4 Å². The second-order valence-corrected chi connectivity index (χ2v) is 9.56. The van der Waals surface area contributed by atoms with Crippen molar-refractivity contribution in [2.24, 2.45) is 0 Å². The van der Waals surface area contributed by atoms with E-state index < -0.39 is 0 Å². The minimum Gasteiger partial charge on any atom is -0.384 e. The van der Waals surface area contributed by atoms with Gasteiger partial charge in [-0.15, -0.1) is 0 Å². The Morgan fingerprint density at radius 1 is 1.06 bits per heavy atom. The molecule has 0 atom stereocenters. The van der Waals surface area contributed by atoms with Gasteiger partial charge in [0.1, 0.15) is 11.6 Å². The van der Waals surface area contributed by atoms with Gasteiger partial charge in [0.15, 0.2) is 11.5 Å². The van der Waals surface area contributed by atoms with E-state index in [2.05, 4.69) is 42.8 Å². The summed E-state index contributed by atoms with van der Waals surface area (Å²) in [7, 11) is 2.09. The summed E-state index contributed by atoms with van der Waals surface area (Å²) in [4.78, 5) is 18.2. The molecule has 0 spiro atoms. The molecular weight excluding hydrogens is 443 g/mol. The van der Waals surface area contributed by atoms with E-state index in [4.69, 9.17) is 10.7 Å². The maximum absolute atomic E-state index is 15.4. The van der Waals surface area contributed by atoms with Gasteiger partial charge >= 0.3 is 0 Å². The van der Waals surface area contributed by atoms with Crippen LogP contribution >= 0.6 is 0 Å². The van der Waals surface area contributed by atoms with E-state index in [-0.39, 0.29) is 5.82 Å². The van der Waals surface area contributed by atoms with Crippen molar-refractivity contribution in [2.75, 3.05) is 49.2 Å². The molecule has 0 bridgehead atoms. The fourth-order valence-corrected chi connectivity index (χ4v) is 4.77. The number of hydrogen-bond acceptors (Lipinski definition) is 7. The van der Waals surface area contributed by atoms with Crippen LogP contribution in [0.5, 0.6) is 0 Å². The van der Waals surface area contributed by atoms with E-state index in [1.54, 1.807) is 13.0 Å². The van der Waals surface area contributed by atoms with Crippen LogP contribution in [-0.2, 0) is 0 Å². The standard InChI is InChI=1S/C26H29FN8/c1-16-19(8-9-20(24(16)27)34-12-10-33(2)11-13-34)30-26-29-15-18-14-21(17-6-7-17)35(25(18)32-26)23-5-3-4-22(28)31-23/h3-5,8-9,14-15,17H,6-7,10-13H2,1-2H3,(H2,28,31)(H,29,30,32). The van der Waals surface area contributed by atoms with Crippen LogP contribution in [0.2, 0.25) is 0 Å². The lowest BCUT2D eigenvalue weighted by atomic mass is 10.1. The lowest BCUT2D eigenvalue weighted by Gasteiger charge is -2.34. The molecule has 2 fully saturated rings. The highest BCUT2D eigenvalue weighted by Crippen LogP contribution is 2.43. The Kier molecular flexibility index (Phi) is 5.29. The van der Waals surface area contributed by atoms with Crippen molar-refractivity contribution in [3.05, 3.63) is 59.7 Å². The van der Waals surface area contributed by atoms with E-state index in [0.717, 1.165) is 55.9 Å². The fourth-order valence-electron chi connectivity index (χ4n) is 4.77. The molecule has 8 nitrogen and oxygen atoms in total. The first kappa shape index (κ1) is 21.8. The Balaban J connectivity index is 1.35. The number of nitrogens with one attached hydrogen (secondary N) is 1. The van der Waals surface area contributed by atoms with Crippen molar-refractivity contribution in [1.29, 1.82) is 0 Å². The Bertz CT molecular complexity index is 1400. The molecule has 1 aromatic carbocycles. The summed E-state index contributed by atoms with van der Waals surface area (Å²) in [6, 6.07) is 11.5. The number of benzene rings is 1. The topological polar surface area (TPSA) is 88.1 Å². The molecule has 4 aromatic rings. The summed E-state index contributed by atoms with van der Waals surface area (Å²) in [5.41, 5.74) is 9.76. The number of fused-ring (bicyclic) bond motifs is 1. The molecule has 3 aromatic heterocycles. The number of piperazine rings is 1. The smallest absolute Gasteiger partial charge is 0.229 e. The highest BCUT2D eigenvalue weighted by atomic mass is 19.1. The van der Waals surface area contributed by atoms with Crippen molar-refractivity contribution in [3.8, 4) is 5.82 Å². The van der Waals surface area contributed by atoms with E-state index in [0.29, 0.717) is 34.6 Å². The van der Waals surface area contributed by atoms with Crippen LogP contribution in [0, 0.1) is 12.7 Å². The van der Waals surface area contributed by atoms with E-state index >= 15 is 4.39 Å². The molecular formula is C26H29FN8. The van der Waals surface area contributed by atoms with Crippen molar-refractivity contribution < 1.29 is 4.39 Å². The first-order valence-electron chi connectivity index (χ1n) is 12.1. The SMILES string of the molecule is Cc1c(Nc2ncc3cc(C4CC4)n(-c4cccc(N)n4)c3n2)ccc(N2CCN(C)CC2)c1F. The number of anilines is 4. The minimum atomic E-state index is -0.205. The number of nitrogens with two attached hydrogens (primary N) is 1. The van der Waals surface area contributed by atoms with E-state index in [9.17, 15) is 0 Å². The number of likely N-dealkylation sites (N-methyl/N-ethyl adjacent to an activating group) is 1. The van der Waals surface area contributed by atoms with Gasteiger partial charge in [0.2, 0.25) is 5.95 Å². The van der Waals surface area contributed by atoms with Gasteiger partial charge in [0.25, 0.3) is 0 Å². The number of pyridine rings is 1. The van der Waals surface area contributed by atoms with Crippen LogP contribution in [0.25, 0.3) is 16.9 Å². The Hall–Kier alpha value is -3.72. The molecule has 1 saturated carbocycles. The minimum absolute atomic E-state index is 0.205. The summed E-state index contributed by atoms with van der Waals surface area (Å²) in [6.45, 7) is 5.28. The third-order valence-electron chi connectivity index (χ3n) is 7.01. The van der Waals surface area contributed by atoms with E-state index in [1.165, 1.54) is 5.69 Å². The first-order valence-corrected chi connectivity index (χ1v) is 12.1. The molecule has 180 valence electrons. The van der Waals surface area contributed by atoms with Crippen LogP contribution in [0.1, 0.15) is 30.0 Å². The monoisotopic (exact) mass is 472 g/mol. The van der Waals surface area contributed by atoms with Crippen molar-refractivity contribution in [3.63, 3.8) is 0 Å². The van der Waals surface area contributed by atoms with Crippen LogP contribution in [0.4, 0.5) is 27.5 Å². The molecule has 1 aliphatic carbocycles. The summed E-state index contributed by atoms with van der Waals surface area (Å²) in [5, 5.41) is 4.18. The van der Waals surface area contributed by atoms with Crippen molar-refractivity contribution >= 4 is 34.2 Å². The van der Waals surface area contributed by atoms with Gasteiger partial charge in [0, 0.05) is 54.7 Å². The molecule has 4 heterocycles. The van der Waals surface area contributed by atoms with Gasteiger partial charge < -0.3 is 20.9 Å². The van der Waals surface area contributed by atoms with Gasteiger partial charge in [-0.05, 0) is 63.1 Å². The Labute approximate surface area is 203 Å². The zero-order valence-corrected chi connectivity index (χ0v) is 20.0. The molecule has 3 N–H and O–H groups in total. The van der Waals surface area contributed by atoms with Gasteiger partial charge in [-0.2, -0.15) is 4.98 Å². The number of rotatable bonds is 5. The molecule has 0 radical (unpaired) electrons. The van der Waals surface area contributed by atoms with Gasteiger partial charge in [-0.3, -0.25) is 4.57 Å². The number of nitrogen functional groups attached to an aromatic ring is 1. The van der Waals surface area contributed by atoms with Crippen molar-refractivity contribution in [2.45, 2.75) is 25.7 Å². The molecule has 9 heteroatoms. The van der Waals surface area contributed by atoms with Crippen LogP contribution in [0.15, 0.2) is 42.6 Å². The molecule has 2 aliphatic rings. The Morgan fingerprint density at radius 2 is 1.86 bits per heavy atom. The zero-order valence-electron chi connectivity index (χ0n) is 20.0. The highest BCUT2D eigenvalue weighted by Gasteiger charge is 2.29. The second-order valence-electron chi connectivity index (χ2n) is 9.56. The first-order chi connectivity index (χ1) is 17.0. The molecule has 1 aliphatic heterocycles. The number of halogens is 1. The largest absolute Gasteiger partial charge is 0.384 e. The van der Waals surface area contributed by atoms with Gasteiger partial charge in [-0.1, -0.05) is 6.07 Å². The molecule has 35 heavy (non-hydrogen) atoms. The third kappa shape index (κ3) is 4.05. The normalized spacial score (nSPS) is 16.7. The summed E-state index contributed by atoms with van der Waals surface area (Å²) in [6.07, 6.45) is 4.11. The average Bonchev–Trinajstić information content (AvgIpc) is 3.63. The van der Waals surface area contributed by atoms with Gasteiger partial charge in [0.05, 0.1) is 5.69 Å². The zero-order chi connectivity index (χ0) is 24.1. The lowest BCUT2D eigenvalue weighted by Crippen LogP contribution is -2.44. The summed E-state index contributed by atoms with van der Waals surface area (Å²) < 4.78 is 17.4. The van der Waals surface area contributed by atoms with Crippen LogP contribution in [0.3, 0.4) is 0 Å². The number of aromatic nitrogens is 4. The highest BCUT2D eigenvalue weighted by molar-refractivity contribution is 5.81. The maximum Gasteiger partial charge on any atom is 0.229 e. The summed E-state index contributed by atoms with van der Waals surface area (Å²) in [5.74, 6) is 1.90. The average molecular weight is 473 g/mol. The molecule has 0 amide bonds. The van der Waals surface area contributed by atoms with E-state index in [1.807, 2.05) is 30.5 Å². The molecule has 6 rings (SSSR count). The van der Waals surface area contributed by atoms with Crippen LogP contribution in [-0.4, -0.2) is 57.6 Å². The predicted octanol–water partition coefficient (Wildman–Crippen LogP) is 4.22. The maximum atomic E-state index is 15.4. The summed E-state index contributed by atoms with van der Waals surface area (Å²) >= 11 is 0. The molecule has 0 unspecified atom stereocenters. The lowest BCUT2D eigenvalue weighted by molar-refractivity contribution is 0.311. The quantitative estimate of drug-likeness (QED) is 0.450. The third-order valence-corrected chi connectivity index (χ3v) is 7.01. The second kappa shape index (κ2) is 8.49.